The third-order valence-corrected chi connectivity index (χ3v) is 4.68. The number of nitro groups is 1. The van der Waals surface area contributed by atoms with E-state index in [-0.39, 0.29) is 11.3 Å². The van der Waals surface area contributed by atoms with E-state index in [1.165, 1.54) is 12.1 Å². The number of nitrogens with zero attached hydrogens (tertiary/aromatic N) is 1. The molecule has 0 radical (unpaired) electrons. The van der Waals surface area contributed by atoms with Crippen LogP contribution < -0.4 is 0 Å². The Hall–Kier alpha value is -2.32. The fourth-order valence-corrected chi connectivity index (χ4v) is 3.65. The molecule has 0 aliphatic heterocycles. The lowest BCUT2D eigenvalue weighted by Gasteiger charge is -2.37. The summed E-state index contributed by atoms with van der Waals surface area (Å²) in [6.45, 7) is 0. The number of rotatable bonds is 1. The standard InChI is InChI=1S/C16H13NO6/c18-13-6-2-1-3-7-10(6)11-8(14(13)19)4-5-9(17(22)23)12(11)16(21)15(7)20/h1-5,13-16,18-21H. The summed E-state index contributed by atoms with van der Waals surface area (Å²) >= 11 is 0. The summed E-state index contributed by atoms with van der Waals surface area (Å²) in [6, 6.07) is 7.37. The van der Waals surface area contributed by atoms with Crippen molar-refractivity contribution < 1.29 is 25.3 Å². The van der Waals surface area contributed by atoms with Crippen molar-refractivity contribution in [1.29, 1.82) is 0 Å². The molecule has 2 aliphatic rings. The van der Waals surface area contributed by atoms with Gasteiger partial charge in [-0.3, -0.25) is 10.1 Å². The fourth-order valence-electron chi connectivity index (χ4n) is 3.65. The van der Waals surface area contributed by atoms with Gasteiger partial charge in [0.05, 0.1) is 10.5 Å². The van der Waals surface area contributed by atoms with Crippen molar-refractivity contribution in [2.24, 2.45) is 0 Å². The summed E-state index contributed by atoms with van der Waals surface area (Å²) in [5.41, 5.74) is 1.52. The molecule has 7 heteroatoms. The van der Waals surface area contributed by atoms with Gasteiger partial charge in [0, 0.05) is 11.6 Å². The zero-order chi connectivity index (χ0) is 16.5. The lowest BCUT2D eigenvalue weighted by atomic mass is 9.71. The van der Waals surface area contributed by atoms with E-state index in [2.05, 4.69) is 0 Å². The van der Waals surface area contributed by atoms with Gasteiger partial charge in [0.25, 0.3) is 5.69 Å². The molecule has 23 heavy (non-hydrogen) atoms. The first-order valence-electron chi connectivity index (χ1n) is 7.10. The lowest BCUT2D eigenvalue weighted by molar-refractivity contribution is -0.386. The molecule has 0 heterocycles. The third-order valence-electron chi connectivity index (χ3n) is 4.68. The largest absolute Gasteiger partial charge is 0.385 e. The average Bonchev–Trinajstić information content (AvgIpc) is 2.55. The molecule has 0 bridgehead atoms. The number of aliphatic hydroxyl groups excluding tert-OH is 4. The molecule has 0 saturated carbocycles. The maximum Gasteiger partial charge on any atom is 0.275 e. The van der Waals surface area contributed by atoms with Crippen LogP contribution >= 0.6 is 0 Å². The van der Waals surface area contributed by atoms with Gasteiger partial charge in [-0.1, -0.05) is 18.2 Å². The molecule has 2 aromatic carbocycles. The molecule has 4 atom stereocenters. The second-order valence-electron chi connectivity index (χ2n) is 5.81. The van der Waals surface area contributed by atoms with Crippen LogP contribution in [0.5, 0.6) is 0 Å². The zero-order valence-electron chi connectivity index (χ0n) is 11.7. The predicted octanol–water partition coefficient (Wildman–Crippen LogP) is 1.42. The van der Waals surface area contributed by atoms with Gasteiger partial charge in [0.1, 0.15) is 24.4 Å². The molecule has 4 unspecified atom stereocenters. The van der Waals surface area contributed by atoms with Crippen LogP contribution in [0.3, 0.4) is 0 Å². The van der Waals surface area contributed by atoms with Gasteiger partial charge >= 0.3 is 0 Å². The fraction of sp³-hybridized carbons (Fsp3) is 0.250. The molecular weight excluding hydrogens is 302 g/mol. The van der Waals surface area contributed by atoms with E-state index in [9.17, 15) is 30.5 Å². The molecule has 2 aromatic rings. The van der Waals surface area contributed by atoms with Crippen LogP contribution in [-0.4, -0.2) is 25.3 Å². The van der Waals surface area contributed by atoms with Crippen LogP contribution in [0.15, 0.2) is 30.3 Å². The normalized spacial score (nSPS) is 27.5. The molecule has 0 spiro atoms. The van der Waals surface area contributed by atoms with E-state index >= 15 is 0 Å². The topological polar surface area (TPSA) is 124 Å². The molecular formula is C16H13NO6. The van der Waals surface area contributed by atoms with E-state index in [1.54, 1.807) is 18.2 Å². The minimum Gasteiger partial charge on any atom is -0.385 e. The van der Waals surface area contributed by atoms with E-state index in [1.807, 2.05) is 0 Å². The van der Waals surface area contributed by atoms with E-state index in [0.29, 0.717) is 27.8 Å². The smallest absolute Gasteiger partial charge is 0.275 e. The molecule has 4 rings (SSSR count). The number of hydrogen-bond acceptors (Lipinski definition) is 6. The summed E-state index contributed by atoms with van der Waals surface area (Å²) in [6.07, 6.45) is -5.27. The maximum atomic E-state index is 11.3. The van der Waals surface area contributed by atoms with E-state index in [4.69, 9.17) is 0 Å². The van der Waals surface area contributed by atoms with Crippen molar-refractivity contribution in [3.05, 3.63) is 62.7 Å². The molecule has 0 aromatic heterocycles. The molecule has 0 fully saturated rings. The lowest BCUT2D eigenvalue weighted by Crippen LogP contribution is -2.26. The number of aliphatic hydroxyl groups is 4. The van der Waals surface area contributed by atoms with Gasteiger partial charge < -0.3 is 20.4 Å². The Balaban J connectivity index is 2.18. The summed E-state index contributed by atoms with van der Waals surface area (Å²) in [5, 5.41) is 52.7. The van der Waals surface area contributed by atoms with Crippen molar-refractivity contribution in [1.82, 2.24) is 0 Å². The van der Waals surface area contributed by atoms with Crippen LogP contribution in [0.4, 0.5) is 5.69 Å². The molecule has 2 aliphatic carbocycles. The molecule has 7 nitrogen and oxygen atoms in total. The van der Waals surface area contributed by atoms with Gasteiger partial charge in [-0.05, 0) is 28.3 Å². The Morgan fingerprint density at radius 3 is 1.87 bits per heavy atom. The number of benzene rings is 2. The van der Waals surface area contributed by atoms with Crippen molar-refractivity contribution >= 4 is 5.69 Å². The molecule has 0 amide bonds. The van der Waals surface area contributed by atoms with E-state index < -0.39 is 29.3 Å². The summed E-state index contributed by atoms with van der Waals surface area (Å²) < 4.78 is 0. The van der Waals surface area contributed by atoms with Gasteiger partial charge in [0.15, 0.2) is 0 Å². The van der Waals surface area contributed by atoms with Gasteiger partial charge in [0.2, 0.25) is 0 Å². The average molecular weight is 315 g/mol. The highest BCUT2D eigenvalue weighted by Crippen LogP contribution is 2.56. The van der Waals surface area contributed by atoms with Crippen molar-refractivity contribution in [3.63, 3.8) is 0 Å². The monoisotopic (exact) mass is 315 g/mol. The summed E-state index contributed by atoms with van der Waals surface area (Å²) in [5.74, 6) is 0. The van der Waals surface area contributed by atoms with Crippen molar-refractivity contribution in [2.75, 3.05) is 0 Å². The first-order chi connectivity index (χ1) is 10.9. The van der Waals surface area contributed by atoms with Crippen LogP contribution in [-0.2, 0) is 0 Å². The Kier molecular flexibility index (Phi) is 2.85. The van der Waals surface area contributed by atoms with Gasteiger partial charge in [-0.25, -0.2) is 0 Å². The van der Waals surface area contributed by atoms with Crippen molar-refractivity contribution in [2.45, 2.75) is 24.4 Å². The predicted molar refractivity (Wildman–Crippen MR) is 78.4 cm³/mol. The van der Waals surface area contributed by atoms with Crippen LogP contribution in [0, 0.1) is 10.1 Å². The molecule has 4 N–H and O–H groups in total. The van der Waals surface area contributed by atoms with E-state index in [0.717, 1.165) is 0 Å². The van der Waals surface area contributed by atoms with Crippen LogP contribution in [0.1, 0.15) is 46.7 Å². The Labute approximate surface area is 130 Å². The number of nitro benzene ring substituents is 1. The SMILES string of the molecule is O=[N+]([O-])c1ccc2c3c1C(O)C(O)c1cccc(c1-3)C(O)C2O. The Morgan fingerprint density at radius 1 is 0.783 bits per heavy atom. The maximum absolute atomic E-state index is 11.3. The third kappa shape index (κ3) is 1.67. The summed E-state index contributed by atoms with van der Waals surface area (Å²) in [4.78, 5) is 10.7. The Bertz CT molecular complexity index is 834. The second-order valence-corrected chi connectivity index (χ2v) is 5.81. The highest BCUT2D eigenvalue weighted by molar-refractivity contribution is 5.85. The Morgan fingerprint density at radius 2 is 1.30 bits per heavy atom. The minimum atomic E-state index is -1.48. The van der Waals surface area contributed by atoms with Crippen molar-refractivity contribution in [3.8, 4) is 11.1 Å². The zero-order valence-corrected chi connectivity index (χ0v) is 11.7. The van der Waals surface area contributed by atoms with Gasteiger partial charge in [-0.15, -0.1) is 0 Å². The van der Waals surface area contributed by atoms with Crippen LogP contribution in [0.2, 0.25) is 0 Å². The highest BCUT2D eigenvalue weighted by atomic mass is 16.6. The first kappa shape index (κ1) is 14.3. The quantitative estimate of drug-likeness (QED) is 0.466. The van der Waals surface area contributed by atoms with Crippen LogP contribution in [0.25, 0.3) is 11.1 Å². The first-order valence-corrected chi connectivity index (χ1v) is 7.10. The number of hydrogen-bond donors (Lipinski definition) is 4. The summed E-state index contributed by atoms with van der Waals surface area (Å²) in [7, 11) is 0. The second kappa shape index (κ2) is 4.59. The molecule has 0 saturated heterocycles. The highest BCUT2D eigenvalue weighted by Gasteiger charge is 2.44. The molecule has 118 valence electrons. The minimum absolute atomic E-state index is 0.0223. The van der Waals surface area contributed by atoms with Gasteiger partial charge in [-0.2, -0.15) is 0 Å².